The first-order valence-electron chi connectivity index (χ1n) is 7.60. The van der Waals surface area contributed by atoms with E-state index >= 15 is 0 Å². The average Bonchev–Trinajstić information content (AvgIpc) is 2.41. The molecule has 1 saturated carbocycles. The van der Waals surface area contributed by atoms with Gasteiger partial charge in [0.1, 0.15) is 12.1 Å². The van der Waals surface area contributed by atoms with Gasteiger partial charge in [0.25, 0.3) is 0 Å². The number of hydrogen-bond acceptors (Lipinski definition) is 4. The van der Waals surface area contributed by atoms with Crippen LogP contribution < -0.4 is 4.90 Å². The van der Waals surface area contributed by atoms with Crippen LogP contribution in [0.3, 0.4) is 0 Å². The normalized spacial score (nSPS) is 18.8. The van der Waals surface area contributed by atoms with E-state index in [4.69, 9.17) is 5.11 Å². The summed E-state index contributed by atoms with van der Waals surface area (Å²) in [6.07, 6.45) is 11.1. The molecular weight excluding hydrogens is 238 g/mol. The van der Waals surface area contributed by atoms with Gasteiger partial charge in [-0.2, -0.15) is 0 Å². The molecule has 0 radical (unpaired) electrons. The molecule has 0 amide bonds. The number of hydrogen-bond donors (Lipinski definition) is 1. The van der Waals surface area contributed by atoms with Gasteiger partial charge in [0, 0.05) is 30.5 Å². The van der Waals surface area contributed by atoms with Crippen LogP contribution in [0.2, 0.25) is 0 Å². The Morgan fingerprint density at radius 2 is 2.00 bits per heavy atom. The van der Waals surface area contributed by atoms with Gasteiger partial charge in [-0.05, 0) is 51.4 Å². The Morgan fingerprint density at radius 3 is 2.74 bits per heavy atom. The lowest BCUT2D eigenvalue weighted by Crippen LogP contribution is -2.42. The minimum absolute atomic E-state index is 0.260. The first kappa shape index (κ1) is 12.9. The molecule has 4 nitrogen and oxygen atoms in total. The molecule has 2 aliphatic rings. The van der Waals surface area contributed by atoms with Crippen LogP contribution in [0.15, 0.2) is 6.33 Å². The Labute approximate surface area is 114 Å². The molecular formula is C15H23N3O. The van der Waals surface area contributed by atoms with E-state index in [0.717, 1.165) is 31.6 Å². The van der Waals surface area contributed by atoms with E-state index in [0.29, 0.717) is 6.04 Å². The highest BCUT2D eigenvalue weighted by Gasteiger charge is 2.28. The molecule has 0 aromatic carbocycles. The highest BCUT2D eigenvalue weighted by Crippen LogP contribution is 2.33. The van der Waals surface area contributed by atoms with Crippen molar-refractivity contribution in [3.63, 3.8) is 0 Å². The van der Waals surface area contributed by atoms with Crippen molar-refractivity contribution in [2.75, 3.05) is 18.1 Å². The molecule has 1 N–H and O–H groups in total. The summed E-state index contributed by atoms with van der Waals surface area (Å²) in [6.45, 7) is 1.18. The highest BCUT2D eigenvalue weighted by molar-refractivity contribution is 5.50. The number of aryl methyl sites for hydroxylation is 1. The van der Waals surface area contributed by atoms with Crippen LogP contribution in [-0.2, 0) is 12.8 Å². The second-order valence-electron chi connectivity index (χ2n) is 5.68. The minimum atomic E-state index is 0.260. The van der Waals surface area contributed by atoms with Crippen LogP contribution in [0.25, 0.3) is 0 Å². The highest BCUT2D eigenvalue weighted by atomic mass is 16.3. The number of rotatable bonds is 5. The van der Waals surface area contributed by atoms with Gasteiger partial charge in [-0.25, -0.2) is 9.97 Å². The zero-order valence-electron chi connectivity index (χ0n) is 11.5. The van der Waals surface area contributed by atoms with E-state index in [1.165, 1.54) is 43.4 Å². The van der Waals surface area contributed by atoms with Crippen LogP contribution >= 0.6 is 0 Å². The Morgan fingerprint density at radius 1 is 1.16 bits per heavy atom. The third-order valence-corrected chi connectivity index (χ3v) is 4.45. The predicted octanol–water partition coefficient (Wildman–Crippen LogP) is 2.10. The molecule has 3 rings (SSSR count). The third kappa shape index (κ3) is 2.59. The topological polar surface area (TPSA) is 49.2 Å². The van der Waals surface area contributed by atoms with E-state index in [-0.39, 0.29) is 6.61 Å². The molecule has 0 atom stereocenters. The summed E-state index contributed by atoms with van der Waals surface area (Å²) in [4.78, 5) is 11.5. The fraction of sp³-hybridized carbons (Fsp3) is 0.733. The lowest BCUT2D eigenvalue weighted by atomic mass is 9.89. The van der Waals surface area contributed by atoms with Crippen LogP contribution in [0.5, 0.6) is 0 Å². The van der Waals surface area contributed by atoms with Gasteiger partial charge in [0.15, 0.2) is 0 Å². The Bertz CT molecular complexity index is 431. The monoisotopic (exact) mass is 261 g/mol. The molecule has 2 aliphatic carbocycles. The summed E-state index contributed by atoms with van der Waals surface area (Å²) in [6, 6.07) is 0.632. The maximum absolute atomic E-state index is 9.11. The quantitative estimate of drug-likeness (QED) is 0.882. The van der Waals surface area contributed by atoms with Crippen molar-refractivity contribution < 1.29 is 5.11 Å². The summed E-state index contributed by atoms with van der Waals surface area (Å²) >= 11 is 0. The van der Waals surface area contributed by atoms with Crippen LogP contribution in [0, 0.1) is 0 Å². The average molecular weight is 261 g/mol. The van der Waals surface area contributed by atoms with Crippen molar-refractivity contribution >= 4 is 5.82 Å². The fourth-order valence-electron chi connectivity index (χ4n) is 3.15. The summed E-state index contributed by atoms with van der Waals surface area (Å²) in [5.41, 5.74) is 2.63. The molecule has 1 fully saturated rings. The zero-order chi connectivity index (χ0) is 13.1. The summed E-state index contributed by atoms with van der Waals surface area (Å²) < 4.78 is 0. The lowest BCUT2D eigenvalue weighted by molar-refractivity contribution is 0.282. The summed E-state index contributed by atoms with van der Waals surface area (Å²) in [5, 5.41) is 9.11. The van der Waals surface area contributed by atoms with E-state index in [2.05, 4.69) is 14.9 Å². The molecule has 19 heavy (non-hydrogen) atoms. The minimum Gasteiger partial charge on any atom is -0.396 e. The maximum Gasteiger partial charge on any atom is 0.135 e. The zero-order valence-corrected chi connectivity index (χ0v) is 11.5. The first-order chi connectivity index (χ1) is 9.40. The SMILES string of the molecule is OCCCN(c1ncnc2c1CCCC2)C1CCC1. The Kier molecular flexibility index (Phi) is 3.97. The molecule has 1 aromatic rings. The smallest absolute Gasteiger partial charge is 0.135 e. The Balaban J connectivity index is 1.88. The van der Waals surface area contributed by atoms with Gasteiger partial charge in [-0.3, -0.25) is 0 Å². The van der Waals surface area contributed by atoms with Crippen molar-refractivity contribution in [1.29, 1.82) is 0 Å². The standard InChI is InChI=1S/C15H23N3O/c19-10-4-9-18(12-5-3-6-12)15-13-7-1-2-8-14(13)16-11-17-15/h11-12,19H,1-10H2. The van der Waals surface area contributed by atoms with Crippen LogP contribution in [0.1, 0.15) is 49.8 Å². The van der Waals surface area contributed by atoms with Gasteiger partial charge in [-0.15, -0.1) is 0 Å². The fourth-order valence-corrected chi connectivity index (χ4v) is 3.15. The third-order valence-electron chi connectivity index (χ3n) is 4.45. The van der Waals surface area contributed by atoms with Gasteiger partial charge < -0.3 is 10.0 Å². The van der Waals surface area contributed by atoms with Crippen molar-refractivity contribution in [3.8, 4) is 0 Å². The first-order valence-corrected chi connectivity index (χ1v) is 7.60. The number of aliphatic hydroxyl groups excluding tert-OH is 1. The molecule has 0 unspecified atom stereocenters. The summed E-state index contributed by atoms with van der Waals surface area (Å²) in [5.74, 6) is 1.16. The van der Waals surface area contributed by atoms with Crippen molar-refractivity contribution in [2.24, 2.45) is 0 Å². The number of aromatic nitrogens is 2. The molecule has 0 spiro atoms. The van der Waals surface area contributed by atoms with E-state index < -0.39 is 0 Å². The van der Waals surface area contributed by atoms with Crippen LogP contribution in [0.4, 0.5) is 5.82 Å². The Hall–Kier alpha value is -1.16. The molecule has 1 aromatic heterocycles. The second kappa shape index (κ2) is 5.87. The number of fused-ring (bicyclic) bond motifs is 1. The van der Waals surface area contributed by atoms with Crippen molar-refractivity contribution in [3.05, 3.63) is 17.6 Å². The molecule has 0 bridgehead atoms. The molecule has 0 saturated heterocycles. The summed E-state index contributed by atoms with van der Waals surface area (Å²) in [7, 11) is 0. The van der Waals surface area contributed by atoms with E-state index in [1.807, 2.05) is 0 Å². The van der Waals surface area contributed by atoms with Crippen molar-refractivity contribution in [1.82, 2.24) is 9.97 Å². The van der Waals surface area contributed by atoms with E-state index in [1.54, 1.807) is 6.33 Å². The maximum atomic E-state index is 9.11. The van der Waals surface area contributed by atoms with Gasteiger partial charge in [0.2, 0.25) is 0 Å². The molecule has 0 aliphatic heterocycles. The van der Waals surface area contributed by atoms with Gasteiger partial charge in [0.05, 0.1) is 0 Å². The van der Waals surface area contributed by atoms with Crippen molar-refractivity contribution in [2.45, 2.75) is 57.4 Å². The number of nitrogens with zero attached hydrogens (tertiary/aromatic N) is 3. The second-order valence-corrected chi connectivity index (χ2v) is 5.68. The number of anilines is 1. The van der Waals surface area contributed by atoms with Crippen LogP contribution in [-0.4, -0.2) is 34.3 Å². The largest absolute Gasteiger partial charge is 0.396 e. The predicted molar refractivity (Wildman–Crippen MR) is 75.4 cm³/mol. The number of aliphatic hydroxyl groups is 1. The van der Waals surface area contributed by atoms with E-state index in [9.17, 15) is 0 Å². The lowest BCUT2D eigenvalue weighted by Gasteiger charge is -2.39. The molecule has 1 heterocycles. The molecule has 104 valence electrons. The molecule has 4 heteroatoms. The van der Waals surface area contributed by atoms with Gasteiger partial charge >= 0.3 is 0 Å². The van der Waals surface area contributed by atoms with Gasteiger partial charge in [-0.1, -0.05) is 0 Å².